The first-order valence-corrected chi connectivity index (χ1v) is 5.34. The molecule has 0 amide bonds. The number of hydrogen-bond donors (Lipinski definition) is 2. The van der Waals surface area contributed by atoms with Crippen molar-refractivity contribution in [1.82, 2.24) is 0 Å². The molecule has 0 fully saturated rings. The van der Waals surface area contributed by atoms with Gasteiger partial charge in [-0.3, -0.25) is 0 Å². The number of carboxylic acids is 1. The number of hydrogen-bond acceptors (Lipinski definition) is 2. The number of rotatable bonds is 4. The Hall–Kier alpha value is -0.900. The van der Waals surface area contributed by atoms with E-state index in [1.807, 2.05) is 0 Å². The van der Waals surface area contributed by atoms with E-state index in [4.69, 9.17) is 39.9 Å². The van der Waals surface area contributed by atoms with Crippen LogP contribution in [0.4, 0.5) is 5.69 Å². The van der Waals surface area contributed by atoms with Crippen molar-refractivity contribution in [1.29, 1.82) is 0 Å². The summed E-state index contributed by atoms with van der Waals surface area (Å²) in [5, 5.41) is 12.5. The van der Waals surface area contributed by atoms with Crippen molar-refractivity contribution in [3.05, 3.63) is 39.4 Å². The SMILES string of the molecule is C=C(CNc1c(Cl)cc(Cl)cc1Cl)C(=O)O. The lowest BCUT2D eigenvalue weighted by molar-refractivity contribution is -0.132. The Morgan fingerprint density at radius 2 is 1.81 bits per heavy atom. The number of carbonyl (C=O) groups is 1. The molecule has 0 saturated carbocycles. The minimum absolute atomic E-state index is 0.0158. The average molecular weight is 281 g/mol. The van der Waals surface area contributed by atoms with E-state index in [0.717, 1.165) is 0 Å². The second-order valence-electron chi connectivity index (χ2n) is 3.01. The summed E-state index contributed by atoms with van der Waals surface area (Å²) >= 11 is 17.5. The van der Waals surface area contributed by atoms with E-state index in [9.17, 15) is 4.79 Å². The first-order chi connectivity index (χ1) is 7.41. The number of aliphatic carboxylic acids is 1. The molecule has 3 nitrogen and oxygen atoms in total. The predicted molar refractivity (Wildman–Crippen MR) is 66.7 cm³/mol. The van der Waals surface area contributed by atoms with Crippen LogP contribution in [0.3, 0.4) is 0 Å². The van der Waals surface area contributed by atoms with E-state index in [0.29, 0.717) is 20.8 Å². The molecule has 0 unspecified atom stereocenters. The van der Waals surface area contributed by atoms with E-state index in [1.165, 1.54) is 12.1 Å². The van der Waals surface area contributed by atoms with Gasteiger partial charge < -0.3 is 10.4 Å². The molecule has 0 radical (unpaired) electrons. The van der Waals surface area contributed by atoms with Crippen molar-refractivity contribution in [3.63, 3.8) is 0 Å². The summed E-state index contributed by atoms with van der Waals surface area (Å²) in [5.41, 5.74) is 0.456. The normalized spacial score (nSPS) is 9.94. The summed E-state index contributed by atoms with van der Waals surface area (Å²) in [4.78, 5) is 10.5. The van der Waals surface area contributed by atoms with Gasteiger partial charge in [0.25, 0.3) is 0 Å². The van der Waals surface area contributed by atoms with E-state index >= 15 is 0 Å². The summed E-state index contributed by atoms with van der Waals surface area (Å²) in [5.74, 6) is -1.08. The van der Waals surface area contributed by atoms with Crippen molar-refractivity contribution in [2.45, 2.75) is 0 Å². The Kier molecular flexibility index (Phi) is 4.47. The van der Waals surface area contributed by atoms with Crippen molar-refractivity contribution in [3.8, 4) is 0 Å². The first-order valence-electron chi connectivity index (χ1n) is 4.21. The molecule has 0 aliphatic rings. The molecule has 0 aromatic heterocycles. The predicted octanol–water partition coefficient (Wildman–Crippen LogP) is 3.70. The molecule has 0 spiro atoms. The second kappa shape index (κ2) is 5.43. The smallest absolute Gasteiger partial charge is 0.332 e. The van der Waals surface area contributed by atoms with Gasteiger partial charge in [0.2, 0.25) is 0 Å². The number of anilines is 1. The van der Waals surface area contributed by atoms with Crippen molar-refractivity contribution < 1.29 is 9.90 Å². The van der Waals surface area contributed by atoms with Crippen LogP contribution in [-0.2, 0) is 4.79 Å². The summed E-state index contributed by atoms with van der Waals surface area (Å²) in [6.07, 6.45) is 0. The molecule has 2 N–H and O–H groups in total. The fourth-order valence-corrected chi connectivity index (χ4v) is 1.93. The molecule has 1 aromatic rings. The Labute approximate surface area is 108 Å². The molecule has 6 heteroatoms. The zero-order valence-electron chi connectivity index (χ0n) is 8.06. The zero-order chi connectivity index (χ0) is 12.3. The maximum Gasteiger partial charge on any atom is 0.332 e. The molecule has 86 valence electrons. The highest BCUT2D eigenvalue weighted by atomic mass is 35.5. The molecule has 0 atom stereocenters. The molecular formula is C10H8Cl3NO2. The van der Waals surface area contributed by atoms with Gasteiger partial charge in [-0.15, -0.1) is 0 Å². The van der Waals surface area contributed by atoms with Crippen LogP contribution in [0.2, 0.25) is 15.1 Å². The lowest BCUT2D eigenvalue weighted by atomic mass is 10.2. The Morgan fingerprint density at radius 3 is 2.25 bits per heavy atom. The number of benzene rings is 1. The maximum absolute atomic E-state index is 10.5. The quantitative estimate of drug-likeness (QED) is 0.827. The Morgan fingerprint density at radius 1 is 1.31 bits per heavy atom. The number of nitrogens with one attached hydrogen (secondary N) is 1. The van der Waals surface area contributed by atoms with Crippen molar-refractivity contribution >= 4 is 46.5 Å². The number of halogens is 3. The summed E-state index contributed by atoms with van der Waals surface area (Å²) in [6, 6.07) is 3.03. The van der Waals surface area contributed by atoms with E-state index in [1.54, 1.807) is 0 Å². The molecule has 0 bridgehead atoms. The van der Waals surface area contributed by atoms with Gasteiger partial charge in [0.15, 0.2) is 0 Å². The zero-order valence-corrected chi connectivity index (χ0v) is 10.3. The average Bonchev–Trinajstić information content (AvgIpc) is 2.15. The van der Waals surface area contributed by atoms with Gasteiger partial charge in [-0.05, 0) is 12.1 Å². The molecule has 0 aliphatic carbocycles. The van der Waals surface area contributed by atoms with Gasteiger partial charge in [-0.25, -0.2) is 4.79 Å². The lowest BCUT2D eigenvalue weighted by Gasteiger charge is -2.10. The molecule has 0 saturated heterocycles. The minimum Gasteiger partial charge on any atom is -0.478 e. The van der Waals surface area contributed by atoms with Crippen LogP contribution in [-0.4, -0.2) is 17.6 Å². The number of carboxylic acid groups (broad SMARTS) is 1. The van der Waals surface area contributed by atoms with Crippen LogP contribution < -0.4 is 5.32 Å². The minimum atomic E-state index is -1.08. The summed E-state index contributed by atoms with van der Waals surface area (Å²) in [6.45, 7) is 3.42. The summed E-state index contributed by atoms with van der Waals surface area (Å²) < 4.78 is 0. The third-order valence-corrected chi connectivity index (χ3v) is 2.60. The molecule has 16 heavy (non-hydrogen) atoms. The largest absolute Gasteiger partial charge is 0.478 e. The van der Waals surface area contributed by atoms with Crippen LogP contribution in [0, 0.1) is 0 Å². The molecular weight excluding hydrogens is 272 g/mol. The Balaban J connectivity index is 2.82. The van der Waals surface area contributed by atoms with Crippen LogP contribution in [0.1, 0.15) is 0 Å². The van der Waals surface area contributed by atoms with Gasteiger partial charge in [-0.1, -0.05) is 41.4 Å². The van der Waals surface area contributed by atoms with Gasteiger partial charge in [0, 0.05) is 17.1 Å². The standard InChI is InChI=1S/C10H8Cl3NO2/c1-5(10(15)16)4-14-9-7(12)2-6(11)3-8(9)13/h2-3,14H,1,4H2,(H,15,16). The third kappa shape index (κ3) is 3.30. The lowest BCUT2D eigenvalue weighted by Crippen LogP contribution is -2.11. The van der Waals surface area contributed by atoms with Crippen molar-refractivity contribution in [2.75, 3.05) is 11.9 Å². The highest BCUT2D eigenvalue weighted by Crippen LogP contribution is 2.33. The monoisotopic (exact) mass is 279 g/mol. The van der Waals surface area contributed by atoms with E-state index < -0.39 is 5.97 Å². The molecule has 0 heterocycles. The highest BCUT2D eigenvalue weighted by Gasteiger charge is 2.09. The maximum atomic E-state index is 10.5. The van der Waals surface area contributed by atoms with Gasteiger partial charge in [0.1, 0.15) is 0 Å². The topological polar surface area (TPSA) is 49.3 Å². The first kappa shape index (κ1) is 13.2. The van der Waals surface area contributed by atoms with E-state index in [-0.39, 0.29) is 12.1 Å². The second-order valence-corrected chi connectivity index (χ2v) is 4.26. The van der Waals surface area contributed by atoms with Gasteiger partial charge in [-0.2, -0.15) is 0 Å². The summed E-state index contributed by atoms with van der Waals surface area (Å²) in [7, 11) is 0. The van der Waals surface area contributed by atoms with Crippen LogP contribution in [0.25, 0.3) is 0 Å². The molecule has 0 aliphatic heterocycles. The van der Waals surface area contributed by atoms with E-state index in [2.05, 4.69) is 11.9 Å². The van der Waals surface area contributed by atoms with Crippen molar-refractivity contribution in [2.24, 2.45) is 0 Å². The molecule has 1 aromatic carbocycles. The Bertz CT molecular complexity index is 423. The highest BCUT2D eigenvalue weighted by molar-refractivity contribution is 6.41. The fourth-order valence-electron chi connectivity index (χ4n) is 0.982. The fraction of sp³-hybridized carbons (Fsp3) is 0.100. The third-order valence-electron chi connectivity index (χ3n) is 1.79. The van der Waals surface area contributed by atoms with Crippen LogP contribution in [0.15, 0.2) is 24.3 Å². The van der Waals surface area contributed by atoms with Crippen LogP contribution in [0.5, 0.6) is 0 Å². The van der Waals surface area contributed by atoms with Gasteiger partial charge in [0.05, 0.1) is 15.7 Å². The molecule has 1 rings (SSSR count). The van der Waals surface area contributed by atoms with Crippen LogP contribution >= 0.6 is 34.8 Å². The van der Waals surface area contributed by atoms with Gasteiger partial charge >= 0.3 is 5.97 Å².